The molecule has 0 aromatic heterocycles. The van der Waals surface area contributed by atoms with Gasteiger partial charge in [0.2, 0.25) is 0 Å². The van der Waals surface area contributed by atoms with Crippen molar-refractivity contribution >= 4 is 0 Å². The van der Waals surface area contributed by atoms with Gasteiger partial charge in [-0.15, -0.1) is 0 Å². The Kier molecular flexibility index (Phi) is 7.25. The Labute approximate surface area is 130 Å². The Morgan fingerprint density at radius 2 is 1.95 bits per heavy atom. The van der Waals surface area contributed by atoms with Gasteiger partial charge in [-0.2, -0.15) is 0 Å². The molecular weight excluding hydrogens is 256 g/mol. The normalized spacial score (nSPS) is 21.9. The Bertz CT molecular complexity index is 376. The third-order valence-corrected chi connectivity index (χ3v) is 4.74. The van der Waals surface area contributed by atoms with Gasteiger partial charge in [-0.05, 0) is 44.3 Å². The maximum atomic E-state index is 3.65. The maximum Gasteiger partial charge on any atom is 0.0475 e. The van der Waals surface area contributed by atoms with Crippen LogP contribution in [0.2, 0.25) is 0 Å². The SMILES string of the molecule is CCCNCC(c1ccccc1)N1CCCCCC1CC. The van der Waals surface area contributed by atoms with Crippen molar-refractivity contribution in [2.75, 3.05) is 19.6 Å². The van der Waals surface area contributed by atoms with E-state index < -0.39 is 0 Å². The molecule has 1 fully saturated rings. The standard InChI is InChI=1S/C19H32N2/c1-3-14-20-16-19(17-11-7-5-8-12-17)21-15-10-6-9-13-18(21)4-2/h5,7-8,11-12,18-20H,3-4,6,9-10,13-16H2,1-2H3. The van der Waals surface area contributed by atoms with Gasteiger partial charge in [0.25, 0.3) is 0 Å². The molecule has 2 unspecified atom stereocenters. The molecule has 2 nitrogen and oxygen atoms in total. The molecule has 1 aromatic rings. The second-order valence-electron chi connectivity index (χ2n) is 6.28. The van der Waals surface area contributed by atoms with Gasteiger partial charge in [-0.3, -0.25) is 4.90 Å². The van der Waals surface area contributed by atoms with Crippen LogP contribution in [0.1, 0.15) is 64.0 Å². The van der Waals surface area contributed by atoms with Crippen LogP contribution in [0.25, 0.3) is 0 Å². The van der Waals surface area contributed by atoms with Crippen LogP contribution in [0.5, 0.6) is 0 Å². The van der Waals surface area contributed by atoms with Gasteiger partial charge in [-0.25, -0.2) is 0 Å². The van der Waals surface area contributed by atoms with E-state index in [4.69, 9.17) is 0 Å². The molecule has 1 aromatic carbocycles. The van der Waals surface area contributed by atoms with E-state index in [1.807, 2.05) is 0 Å². The minimum atomic E-state index is 0.529. The van der Waals surface area contributed by atoms with Gasteiger partial charge < -0.3 is 5.32 Å². The zero-order valence-electron chi connectivity index (χ0n) is 13.9. The van der Waals surface area contributed by atoms with Gasteiger partial charge in [-0.1, -0.05) is 57.0 Å². The Balaban J connectivity index is 2.15. The second-order valence-corrected chi connectivity index (χ2v) is 6.28. The Hall–Kier alpha value is -0.860. The highest BCUT2D eigenvalue weighted by atomic mass is 15.2. The lowest BCUT2D eigenvalue weighted by Gasteiger charge is -2.37. The van der Waals surface area contributed by atoms with E-state index in [1.54, 1.807) is 0 Å². The summed E-state index contributed by atoms with van der Waals surface area (Å²) in [6, 6.07) is 12.4. The lowest BCUT2D eigenvalue weighted by molar-refractivity contribution is 0.130. The van der Waals surface area contributed by atoms with Crippen LogP contribution in [0, 0.1) is 0 Å². The van der Waals surface area contributed by atoms with Crippen molar-refractivity contribution in [2.45, 2.75) is 64.5 Å². The Morgan fingerprint density at radius 1 is 1.14 bits per heavy atom. The average molecular weight is 288 g/mol. The molecule has 1 saturated heterocycles. The molecule has 0 saturated carbocycles. The summed E-state index contributed by atoms with van der Waals surface area (Å²) < 4.78 is 0. The van der Waals surface area contributed by atoms with Crippen molar-refractivity contribution in [3.8, 4) is 0 Å². The summed E-state index contributed by atoms with van der Waals surface area (Å²) in [6.07, 6.45) is 8.01. The van der Waals surface area contributed by atoms with Crippen molar-refractivity contribution in [1.29, 1.82) is 0 Å². The molecule has 2 heteroatoms. The molecule has 1 aliphatic rings. The predicted molar refractivity (Wildman–Crippen MR) is 91.6 cm³/mol. The number of rotatable bonds is 7. The highest BCUT2D eigenvalue weighted by Crippen LogP contribution is 2.29. The van der Waals surface area contributed by atoms with Gasteiger partial charge in [0, 0.05) is 18.6 Å². The van der Waals surface area contributed by atoms with Gasteiger partial charge in [0.1, 0.15) is 0 Å². The molecule has 0 spiro atoms. The Morgan fingerprint density at radius 3 is 2.67 bits per heavy atom. The fourth-order valence-electron chi connectivity index (χ4n) is 3.57. The first-order chi connectivity index (χ1) is 10.4. The molecule has 21 heavy (non-hydrogen) atoms. The van der Waals surface area contributed by atoms with E-state index in [-0.39, 0.29) is 0 Å². The van der Waals surface area contributed by atoms with Gasteiger partial charge >= 0.3 is 0 Å². The summed E-state index contributed by atoms with van der Waals surface area (Å²) in [5.74, 6) is 0. The summed E-state index contributed by atoms with van der Waals surface area (Å²) >= 11 is 0. The summed E-state index contributed by atoms with van der Waals surface area (Å²) in [5, 5.41) is 3.65. The number of nitrogens with one attached hydrogen (secondary N) is 1. The topological polar surface area (TPSA) is 15.3 Å². The van der Waals surface area contributed by atoms with Crippen LogP contribution >= 0.6 is 0 Å². The van der Waals surface area contributed by atoms with E-state index in [0.29, 0.717) is 6.04 Å². The smallest absolute Gasteiger partial charge is 0.0475 e. The first kappa shape index (κ1) is 16.5. The molecular formula is C19H32N2. The first-order valence-electron chi connectivity index (χ1n) is 8.88. The lowest BCUT2D eigenvalue weighted by atomic mass is 10.0. The zero-order valence-corrected chi connectivity index (χ0v) is 13.9. The number of hydrogen-bond donors (Lipinski definition) is 1. The fourth-order valence-corrected chi connectivity index (χ4v) is 3.57. The monoisotopic (exact) mass is 288 g/mol. The fraction of sp³-hybridized carbons (Fsp3) is 0.684. The number of likely N-dealkylation sites (tertiary alicyclic amines) is 1. The molecule has 0 radical (unpaired) electrons. The minimum absolute atomic E-state index is 0.529. The summed E-state index contributed by atoms with van der Waals surface area (Å²) in [6.45, 7) is 8.05. The summed E-state index contributed by atoms with van der Waals surface area (Å²) in [7, 11) is 0. The van der Waals surface area contributed by atoms with E-state index in [1.165, 1.54) is 50.6 Å². The third kappa shape index (κ3) is 4.82. The highest BCUT2D eigenvalue weighted by Gasteiger charge is 2.27. The largest absolute Gasteiger partial charge is 0.315 e. The lowest BCUT2D eigenvalue weighted by Crippen LogP contribution is -2.42. The van der Waals surface area contributed by atoms with E-state index in [9.17, 15) is 0 Å². The second kappa shape index (κ2) is 9.22. The minimum Gasteiger partial charge on any atom is -0.315 e. The number of nitrogens with zero attached hydrogens (tertiary/aromatic N) is 1. The molecule has 1 heterocycles. The van der Waals surface area contributed by atoms with Crippen molar-refractivity contribution < 1.29 is 0 Å². The maximum absolute atomic E-state index is 3.65. The third-order valence-electron chi connectivity index (χ3n) is 4.74. The molecule has 2 atom stereocenters. The molecule has 2 rings (SSSR count). The van der Waals surface area contributed by atoms with Crippen molar-refractivity contribution in [1.82, 2.24) is 10.2 Å². The average Bonchev–Trinajstić information content (AvgIpc) is 2.77. The molecule has 0 amide bonds. The first-order valence-corrected chi connectivity index (χ1v) is 8.88. The zero-order chi connectivity index (χ0) is 14.9. The van der Waals surface area contributed by atoms with E-state index >= 15 is 0 Å². The van der Waals surface area contributed by atoms with Crippen LogP contribution in [-0.4, -0.2) is 30.6 Å². The summed E-state index contributed by atoms with van der Waals surface area (Å²) in [5.41, 5.74) is 1.47. The number of benzene rings is 1. The van der Waals surface area contributed by atoms with Crippen molar-refractivity contribution in [2.24, 2.45) is 0 Å². The molecule has 118 valence electrons. The van der Waals surface area contributed by atoms with E-state index in [0.717, 1.165) is 19.1 Å². The van der Waals surface area contributed by atoms with Crippen LogP contribution < -0.4 is 5.32 Å². The van der Waals surface area contributed by atoms with Crippen LogP contribution in [0.15, 0.2) is 30.3 Å². The number of hydrogen-bond acceptors (Lipinski definition) is 2. The molecule has 1 N–H and O–H groups in total. The van der Waals surface area contributed by atoms with Crippen LogP contribution in [0.3, 0.4) is 0 Å². The van der Waals surface area contributed by atoms with Crippen molar-refractivity contribution in [3.63, 3.8) is 0 Å². The van der Waals surface area contributed by atoms with Crippen LogP contribution in [0.4, 0.5) is 0 Å². The van der Waals surface area contributed by atoms with E-state index in [2.05, 4.69) is 54.4 Å². The van der Waals surface area contributed by atoms with Gasteiger partial charge in [0.15, 0.2) is 0 Å². The van der Waals surface area contributed by atoms with Crippen molar-refractivity contribution in [3.05, 3.63) is 35.9 Å². The quantitative estimate of drug-likeness (QED) is 0.749. The molecule has 1 aliphatic heterocycles. The van der Waals surface area contributed by atoms with Gasteiger partial charge in [0.05, 0.1) is 0 Å². The highest BCUT2D eigenvalue weighted by molar-refractivity contribution is 5.20. The molecule has 0 aliphatic carbocycles. The van der Waals surface area contributed by atoms with Crippen LogP contribution in [-0.2, 0) is 0 Å². The summed E-state index contributed by atoms with van der Waals surface area (Å²) in [4.78, 5) is 2.78. The predicted octanol–water partition coefficient (Wildman–Crippen LogP) is 4.38. The molecule has 0 bridgehead atoms.